The zero-order valence-corrected chi connectivity index (χ0v) is 12.4. The Hall–Kier alpha value is -1.63. The molecule has 1 unspecified atom stereocenters. The Kier molecular flexibility index (Phi) is 4.59. The van der Waals surface area contributed by atoms with Crippen LogP contribution >= 0.6 is 11.3 Å². The molecule has 1 aromatic rings. The van der Waals surface area contributed by atoms with E-state index in [-0.39, 0.29) is 17.8 Å². The van der Waals surface area contributed by atoms with Crippen molar-refractivity contribution in [3.63, 3.8) is 0 Å². The molecule has 0 saturated heterocycles. The molecule has 0 aromatic carbocycles. The Morgan fingerprint density at radius 1 is 1.60 bits per heavy atom. The van der Waals surface area contributed by atoms with E-state index < -0.39 is 5.97 Å². The van der Waals surface area contributed by atoms with Crippen molar-refractivity contribution in [2.75, 3.05) is 6.54 Å². The van der Waals surface area contributed by atoms with Crippen LogP contribution in [0.2, 0.25) is 0 Å². The fourth-order valence-corrected chi connectivity index (χ4v) is 2.79. The first-order chi connectivity index (χ1) is 9.52. The third-order valence-electron chi connectivity index (χ3n) is 3.16. The van der Waals surface area contributed by atoms with E-state index in [0.29, 0.717) is 11.0 Å². The number of nitrogens with zero attached hydrogens (tertiary/aromatic N) is 2. The van der Waals surface area contributed by atoms with Gasteiger partial charge in [-0.05, 0) is 26.2 Å². The van der Waals surface area contributed by atoms with Crippen LogP contribution in [0.15, 0.2) is 5.38 Å². The summed E-state index contributed by atoms with van der Waals surface area (Å²) >= 11 is 1.25. The number of urea groups is 1. The van der Waals surface area contributed by atoms with E-state index in [1.165, 1.54) is 16.7 Å². The van der Waals surface area contributed by atoms with Gasteiger partial charge < -0.3 is 15.3 Å². The van der Waals surface area contributed by atoms with Crippen LogP contribution in [0.4, 0.5) is 4.79 Å². The van der Waals surface area contributed by atoms with Crippen LogP contribution < -0.4 is 5.32 Å². The number of carboxylic acids is 1. The summed E-state index contributed by atoms with van der Waals surface area (Å²) in [7, 11) is 0. The van der Waals surface area contributed by atoms with Crippen LogP contribution in [0.25, 0.3) is 0 Å². The maximum Gasteiger partial charge on any atom is 0.355 e. The Balaban J connectivity index is 1.96. The van der Waals surface area contributed by atoms with E-state index in [0.717, 1.165) is 25.8 Å². The second-order valence-corrected chi connectivity index (χ2v) is 5.86. The van der Waals surface area contributed by atoms with Crippen LogP contribution in [-0.2, 0) is 0 Å². The lowest BCUT2D eigenvalue weighted by atomic mass is 10.3. The molecular weight excluding hydrogens is 278 g/mol. The summed E-state index contributed by atoms with van der Waals surface area (Å²) in [5, 5.41) is 13.9. The standard InChI is InChI=1S/C13H19N3O3S/c1-3-6-16(9-4-5-9)13(19)14-8(2)11-15-10(7-20-11)12(17)18/h7-9H,3-6H2,1-2H3,(H,14,19)(H,17,18). The van der Waals surface area contributed by atoms with Crippen molar-refractivity contribution in [3.8, 4) is 0 Å². The van der Waals surface area contributed by atoms with Crippen molar-refractivity contribution in [2.24, 2.45) is 0 Å². The summed E-state index contributed by atoms with van der Waals surface area (Å²) < 4.78 is 0. The van der Waals surface area contributed by atoms with Crippen LogP contribution in [0.3, 0.4) is 0 Å². The Bertz CT molecular complexity index is 499. The van der Waals surface area contributed by atoms with Gasteiger partial charge in [0.2, 0.25) is 0 Å². The number of hydrogen-bond donors (Lipinski definition) is 2. The highest BCUT2D eigenvalue weighted by atomic mass is 32.1. The second kappa shape index (κ2) is 6.21. The lowest BCUT2D eigenvalue weighted by Crippen LogP contribution is -2.42. The average Bonchev–Trinajstić information content (AvgIpc) is 3.10. The molecule has 2 N–H and O–H groups in total. The predicted octanol–water partition coefficient (Wildman–Crippen LogP) is 2.49. The van der Waals surface area contributed by atoms with Gasteiger partial charge in [-0.1, -0.05) is 6.92 Å². The third kappa shape index (κ3) is 3.47. The number of carbonyl (C=O) groups is 2. The van der Waals surface area contributed by atoms with Gasteiger partial charge in [-0.3, -0.25) is 0 Å². The van der Waals surface area contributed by atoms with Crippen molar-refractivity contribution in [1.82, 2.24) is 15.2 Å². The van der Waals surface area contributed by atoms with Crippen molar-refractivity contribution >= 4 is 23.3 Å². The van der Waals surface area contributed by atoms with Crippen LogP contribution in [0.1, 0.15) is 54.6 Å². The normalized spacial score (nSPS) is 15.7. The molecule has 6 nitrogen and oxygen atoms in total. The Morgan fingerprint density at radius 3 is 2.80 bits per heavy atom. The molecule has 7 heteroatoms. The topological polar surface area (TPSA) is 82.5 Å². The van der Waals surface area contributed by atoms with Crippen LogP contribution in [0, 0.1) is 0 Å². The van der Waals surface area contributed by atoms with E-state index >= 15 is 0 Å². The molecule has 2 amide bonds. The molecule has 0 bridgehead atoms. The maximum atomic E-state index is 12.2. The summed E-state index contributed by atoms with van der Waals surface area (Å²) in [6.07, 6.45) is 3.07. The minimum absolute atomic E-state index is 0.0266. The molecule has 0 spiro atoms. The minimum Gasteiger partial charge on any atom is -0.476 e. The highest BCUT2D eigenvalue weighted by Gasteiger charge is 2.32. The number of nitrogens with one attached hydrogen (secondary N) is 1. The molecule has 20 heavy (non-hydrogen) atoms. The molecule has 1 atom stereocenters. The number of thiazole rings is 1. The SMILES string of the molecule is CCCN(C(=O)NC(C)c1nc(C(=O)O)cs1)C1CC1. The van der Waals surface area contributed by atoms with Crippen molar-refractivity contribution < 1.29 is 14.7 Å². The molecule has 2 rings (SSSR count). The smallest absolute Gasteiger partial charge is 0.355 e. The van der Waals surface area contributed by atoms with Gasteiger partial charge in [-0.2, -0.15) is 0 Å². The van der Waals surface area contributed by atoms with Crippen molar-refractivity contribution in [1.29, 1.82) is 0 Å². The fourth-order valence-electron chi connectivity index (χ4n) is 1.99. The fraction of sp³-hybridized carbons (Fsp3) is 0.615. The van der Waals surface area contributed by atoms with Gasteiger partial charge in [-0.15, -0.1) is 11.3 Å². The third-order valence-corrected chi connectivity index (χ3v) is 4.19. The van der Waals surface area contributed by atoms with Crippen molar-refractivity contribution in [3.05, 3.63) is 16.1 Å². The van der Waals surface area contributed by atoms with E-state index in [1.807, 2.05) is 18.7 Å². The van der Waals surface area contributed by atoms with E-state index in [1.54, 1.807) is 0 Å². The van der Waals surface area contributed by atoms with Gasteiger partial charge in [0.1, 0.15) is 5.01 Å². The number of carboxylic acid groups (broad SMARTS) is 1. The number of rotatable bonds is 6. The predicted molar refractivity (Wildman–Crippen MR) is 76.0 cm³/mol. The van der Waals surface area contributed by atoms with Gasteiger partial charge in [0.15, 0.2) is 5.69 Å². The highest BCUT2D eigenvalue weighted by Crippen LogP contribution is 2.27. The zero-order valence-electron chi connectivity index (χ0n) is 11.6. The molecule has 1 aromatic heterocycles. The van der Waals surface area contributed by atoms with Gasteiger partial charge in [0.05, 0.1) is 6.04 Å². The van der Waals surface area contributed by atoms with Crippen LogP contribution in [-0.4, -0.2) is 39.6 Å². The highest BCUT2D eigenvalue weighted by molar-refractivity contribution is 7.09. The summed E-state index contributed by atoms with van der Waals surface area (Å²) in [6, 6.07) is 0.000608. The number of carbonyl (C=O) groups excluding carboxylic acids is 1. The quantitative estimate of drug-likeness (QED) is 0.845. The number of aromatic nitrogens is 1. The first-order valence-corrected chi connectivity index (χ1v) is 7.66. The lowest BCUT2D eigenvalue weighted by Gasteiger charge is -2.24. The average molecular weight is 297 g/mol. The molecule has 0 radical (unpaired) electrons. The molecular formula is C13H19N3O3S. The lowest BCUT2D eigenvalue weighted by molar-refractivity contribution is 0.0691. The first kappa shape index (κ1) is 14.8. The number of hydrogen-bond acceptors (Lipinski definition) is 4. The minimum atomic E-state index is -1.04. The van der Waals surface area contributed by atoms with Gasteiger partial charge >= 0.3 is 12.0 Å². The molecule has 1 aliphatic carbocycles. The Labute approximate surface area is 121 Å². The van der Waals surface area contributed by atoms with E-state index in [9.17, 15) is 9.59 Å². The molecule has 1 heterocycles. The molecule has 1 aliphatic rings. The number of aromatic carboxylic acids is 1. The number of amides is 2. The zero-order chi connectivity index (χ0) is 14.7. The maximum absolute atomic E-state index is 12.2. The summed E-state index contributed by atoms with van der Waals surface area (Å²) in [5.41, 5.74) is 0.0266. The van der Waals surface area contributed by atoms with Gasteiger partial charge in [0.25, 0.3) is 0 Å². The largest absolute Gasteiger partial charge is 0.476 e. The molecule has 1 fully saturated rings. The summed E-state index contributed by atoms with van der Waals surface area (Å²) in [4.78, 5) is 28.9. The second-order valence-electron chi connectivity index (χ2n) is 4.97. The Morgan fingerprint density at radius 2 is 2.30 bits per heavy atom. The van der Waals surface area contributed by atoms with Gasteiger partial charge in [-0.25, -0.2) is 14.6 Å². The van der Waals surface area contributed by atoms with Crippen LogP contribution in [0.5, 0.6) is 0 Å². The molecule has 1 saturated carbocycles. The summed E-state index contributed by atoms with van der Waals surface area (Å²) in [6.45, 7) is 4.62. The summed E-state index contributed by atoms with van der Waals surface area (Å²) in [5.74, 6) is -1.04. The van der Waals surface area contributed by atoms with Crippen molar-refractivity contribution in [2.45, 2.75) is 45.2 Å². The first-order valence-electron chi connectivity index (χ1n) is 6.78. The van der Waals surface area contributed by atoms with E-state index in [2.05, 4.69) is 10.3 Å². The molecule has 110 valence electrons. The monoisotopic (exact) mass is 297 g/mol. The van der Waals surface area contributed by atoms with E-state index in [4.69, 9.17) is 5.11 Å². The van der Waals surface area contributed by atoms with Gasteiger partial charge in [0, 0.05) is 18.0 Å². The molecule has 0 aliphatic heterocycles.